The lowest BCUT2D eigenvalue weighted by Crippen LogP contribution is -2.27. The largest absolute Gasteiger partial charge is 0.454 e. The van der Waals surface area contributed by atoms with E-state index >= 15 is 0 Å². The van der Waals surface area contributed by atoms with E-state index in [0.29, 0.717) is 12.7 Å². The highest BCUT2D eigenvalue weighted by Gasteiger charge is 2.26. The number of ether oxygens (including phenoxy) is 2. The fourth-order valence-electron chi connectivity index (χ4n) is 2.21. The van der Waals surface area contributed by atoms with Crippen LogP contribution in [0.1, 0.15) is 11.5 Å². The molecule has 1 fully saturated rings. The summed E-state index contributed by atoms with van der Waals surface area (Å²) in [6.45, 7) is 2.16. The molecule has 0 amide bonds. The van der Waals surface area contributed by atoms with Crippen LogP contribution in [0.3, 0.4) is 0 Å². The number of benzene rings is 1. The van der Waals surface area contributed by atoms with Gasteiger partial charge in [-0.2, -0.15) is 0 Å². The number of nitrogens with two attached hydrogens (primary N) is 1. The minimum absolute atomic E-state index is 0.199. The highest BCUT2D eigenvalue weighted by atomic mass is 16.7. The number of fused-ring (bicyclic) bond motifs is 1. The smallest absolute Gasteiger partial charge is 0.231 e. The molecule has 2 atom stereocenters. The minimum Gasteiger partial charge on any atom is -0.454 e. The van der Waals surface area contributed by atoms with Gasteiger partial charge in [-0.3, -0.25) is 0 Å². The van der Waals surface area contributed by atoms with Gasteiger partial charge in [0.05, 0.1) is 0 Å². The maximum absolute atomic E-state index is 6.02. The zero-order valence-corrected chi connectivity index (χ0v) is 8.40. The highest BCUT2D eigenvalue weighted by Crippen LogP contribution is 2.35. The first kappa shape index (κ1) is 9.00. The fourth-order valence-corrected chi connectivity index (χ4v) is 2.21. The van der Waals surface area contributed by atoms with Gasteiger partial charge in [0.15, 0.2) is 11.5 Å². The molecular weight excluding hydrogens is 192 g/mol. The minimum atomic E-state index is 0.199. The third kappa shape index (κ3) is 1.46. The molecule has 1 saturated heterocycles. The summed E-state index contributed by atoms with van der Waals surface area (Å²) < 4.78 is 10.6. The summed E-state index contributed by atoms with van der Waals surface area (Å²) in [4.78, 5) is 0. The van der Waals surface area contributed by atoms with E-state index in [4.69, 9.17) is 15.2 Å². The summed E-state index contributed by atoms with van der Waals surface area (Å²) in [6, 6.07) is 6.28. The Bertz CT molecular complexity index is 381. The molecule has 4 heteroatoms. The van der Waals surface area contributed by atoms with Crippen LogP contribution in [-0.4, -0.2) is 25.9 Å². The Labute approximate surface area is 88.4 Å². The third-order valence-corrected chi connectivity index (χ3v) is 3.09. The lowest BCUT2D eigenvalue weighted by molar-refractivity contribution is 0.174. The monoisotopic (exact) mass is 206 g/mol. The van der Waals surface area contributed by atoms with Crippen molar-refractivity contribution in [2.24, 2.45) is 5.73 Å². The van der Waals surface area contributed by atoms with Crippen LogP contribution >= 0.6 is 0 Å². The standard InChI is InChI=1S/C11H14N2O2/c12-9-5-13-4-8(9)7-1-2-10-11(3-7)15-6-14-10/h1-3,8-9,13H,4-6,12H2/t8-,9-/m0/s1. The molecule has 80 valence electrons. The van der Waals surface area contributed by atoms with Gasteiger partial charge in [-0.05, 0) is 17.7 Å². The number of nitrogens with one attached hydrogen (secondary N) is 1. The van der Waals surface area contributed by atoms with Gasteiger partial charge in [-0.1, -0.05) is 6.07 Å². The second-order valence-corrected chi connectivity index (χ2v) is 4.04. The van der Waals surface area contributed by atoms with Gasteiger partial charge < -0.3 is 20.5 Å². The van der Waals surface area contributed by atoms with Gasteiger partial charge in [-0.25, -0.2) is 0 Å². The van der Waals surface area contributed by atoms with Crippen LogP contribution in [0.15, 0.2) is 18.2 Å². The molecule has 4 nitrogen and oxygen atoms in total. The normalized spacial score (nSPS) is 28.3. The van der Waals surface area contributed by atoms with Crippen molar-refractivity contribution in [3.8, 4) is 11.5 Å². The molecule has 2 aliphatic rings. The van der Waals surface area contributed by atoms with Crippen LogP contribution < -0.4 is 20.5 Å². The SMILES string of the molecule is N[C@H]1CNC[C@H]1c1ccc2c(c1)OCO2. The van der Waals surface area contributed by atoms with Crippen molar-refractivity contribution in [1.82, 2.24) is 5.32 Å². The molecule has 15 heavy (non-hydrogen) atoms. The van der Waals surface area contributed by atoms with Crippen molar-refractivity contribution in [3.05, 3.63) is 23.8 Å². The summed E-state index contributed by atoms with van der Waals surface area (Å²) in [5.41, 5.74) is 7.25. The molecule has 3 rings (SSSR count). The van der Waals surface area contributed by atoms with Crippen LogP contribution in [0.25, 0.3) is 0 Å². The van der Waals surface area contributed by atoms with E-state index in [0.717, 1.165) is 24.6 Å². The Hall–Kier alpha value is -1.26. The lowest BCUT2D eigenvalue weighted by atomic mass is 9.95. The van der Waals surface area contributed by atoms with Crippen molar-refractivity contribution < 1.29 is 9.47 Å². The van der Waals surface area contributed by atoms with Gasteiger partial charge in [0.1, 0.15) is 0 Å². The second-order valence-electron chi connectivity index (χ2n) is 4.04. The number of rotatable bonds is 1. The number of hydrogen-bond acceptors (Lipinski definition) is 4. The molecule has 0 radical (unpaired) electrons. The summed E-state index contributed by atoms with van der Waals surface area (Å²) in [7, 11) is 0. The molecule has 0 aliphatic carbocycles. The van der Waals surface area contributed by atoms with E-state index in [1.54, 1.807) is 0 Å². The third-order valence-electron chi connectivity index (χ3n) is 3.09. The summed E-state index contributed by atoms with van der Waals surface area (Å²) in [6.07, 6.45) is 0. The summed E-state index contributed by atoms with van der Waals surface area (Å²) in [5.74, 6) is 2.06. The van der Waals surface area contributed by atoms with Crippen molar-refractivity contribution in [2.45, 2.75) is 12.0 Å². The summed E-state index contributed by atoms with van der Waals surface area (Å²) >= 11 is 0. The first-order valence-electron chi connectivity index (χ1n) is 5.20. The van der Waals surface area contributed by atoms with Crippen molar-refractivity contribution in [3.63, 3.8) is 0 Å². The van der Waals surface area contributed by atoms with Crippen LogP contribution in [0.2, 0.25) is 0 Å². The Morgan fingerprint density at radius 2 is 2.07 bits per heavy atom. The van der Waals surface area contributed by atoms with Gasteiger partial charge in [0, 0.05) is 25.0 Å². The predicted molar refractivity (Wildman–Crippen MR) is 56.2 cm³/mol. The molecule has 0 saturated carbocycles. The molecule has 2 aliphatic heterocycles. The molecule has 1 aromatic rings. The van der Waals surface area contributed by atoms with Crippen LogP contribution in [0.4, 0.5) is 0 Å². The molecular formula is C11H14N2O2. The number of hydrogen-bond donors (Lipinski definition) is 2. The maximum atomic E-state index is 6.02. The topological polar surface area (TPSA) is 56.5 Å². The Morgan fingerprint density at radius 1 is 1.20 bits per heavy atom. The highest BCUT2D eigenvalue weighted by molar-refractivity contribution is 5.46. The molecule has 3 N–H and O–H groups in total. The molecule has 2 heterocycles. The van der Waals surface area contributed by atoms with E-state index in [1.807, 2.05) is 12.1 Å². The van der Waals surface area contributed by atoms with E-state index in [2.05, 4.69) is 11.4 Å². The van der Waals surface area contributed by atoms with Gasteiger partial charge in [0.25, 0.3) is 0 Å². The van der Waals surface area contributed by atoms with Crippen molar-refractivity contribution >= 4 is 0 Å². The van der Waals surface area contributed by atoms with E-state index in [1.165, 1.54) is 5.56 Å². The molecule has 0 spiro atoms. The first-order chi connectivity index (χ1) is 7.34. The average Bonchev–Trinajstić information content (AvgIpc) is 2.84. The average molecular weight is 206 g/mol. The quantitative estimate of drug-likeness (QED) is 0.699. The molecule has 0 aromatic heterocycles. The van der Waals surface area contributed by atoms with Crippen molar-refractivity contribution in [1.29, 1.82) is 0 Å². The van der Waals surface area contributed by atoms with E-state index in [-0.39, 0.29) is 6.04 Å². The fraction of sp³-hybridized carbons (Fsp3) is 0.455. The molecule has 1 aromatic carbocycles. The molecule has 0 unspecified atom stereocenters. The Kier molecular flexibility index (Phi) is 2.04. The second kappa shape index (κ2) is 3.40. The first-order valence-corrected chi connectivity index (χ1v) is 5.20. The Balaban J connectivity index is 1.92. The van der Waals surface area contributed by atoms with Gasteiger partial charge in [0.2, 0.25) is 6.79 Å². The van der Waals surface area contributed by atoms with E-state index < -0.39 is 0 Å². The van der Waals surface area contributed by atoms with Crippen LogP contribution in [-0.2, 0) is 0 Å². The zero-order valence-electron chi connectivity index (χ0n) is 8.40. The van der Waals surface area contributed by atoms with Crippen LogP contribution in [0, 0.1) is 0 Å². The van der Waals surface area contributed by atoms with Crippen molar-refractivity contribution in [2.75, 3.05) is 19.9 Å². The zero-order chi connectivity index (χ0) is 10.3. The van der Waals surface area contributed by atoms with Crippen LogP contribution in [0.5, 0.6) is 11.5 Å². The predicted octanol–water partition coefficient (Wildman–Crippen LogP) is 0.429. The van der Waals surface area contributed by atoms with Gasteiger partial charge >= 0.3 is 0 Å². The maximum Gasteiger partial charge on any atom is 0.231 e. The van der Waals surface area contributed by atoms with Gasteiger partial charge in [-0.15, -0.1) is 0 Å². The lowest BCUT2D eigenvalue weighted by Gasteiger charge is -2.14. The Morgan fingerprint density at radius 3 is 2.87 bits per heavy atom. The summed E-state index contributed by atoms with van der Waals surface area (Å²) in [5, 5.41) is 3.29. The van der Waals surface area contributed by atoms with E-state index in [9.17, 15) is 0 Å². The molecule has 0 bridgehead atoms.